The third-order valence-corrected chi connectivity index (χ3v) is 3.98. The summed E-state index contributed by atoms with van der Waals surface area (Å²) in [6.07, 6.45) is 2.92. The van der Waals surface area contributed by atoms with Crippen LogP contribution >= 0.6 is 0 Å². The number of halogens is 2. The Balaban J connectivity index is 2.03. The zero-order valence-electron chi connectivity index (χ0n) is 11.3. The molecule has 0 amide bonds. The molecule has 0 atom stereocenters. The lowest BCUT2D eigenvalue weighted by molar-refractivity contribution is -0.00430. The topological polar surface area (TPSA) is 32.3 Å². The van der Waals surface area contributed by atoms with Gasteiger partial charge >= 0.3 is 0 Å². The van der Waals surface area contributed by atoms with Crippen molar-refractivity contribution in [3.63, 3.8) is 0 Å². The van der Waals surface area contributed by atoms with Gasteiger partial charge in [-0.05, 0) is 44.4 Å². The van der Waals surface area contributed by atoms with Crippen LogP contribution in [-0.4, -0.2) is 23.3 Å². The summed E-state index contributed by atoms with van der Waals surface area (Å²) in [5.74, 6) is -1.13. The fourth-order valence-electron chi connectivity index (χ4n) is 2.85. The molecule has 1 saturated carbocycles. The predicted molar refractivity (Wildman–Crippen MR) is 70.9 cm³/mol. The van der Waals surface area contributed by atoms with Crippen LogP contribution in [0.15, 0.2) is 18.2 Å². The Morgan fingerprint density at radius 3 is 2.37 bits per heavy atom. The van der Waals surface area contributed by atoms with Crippen LogP contribution in [0, 0.1) is 11.6 Å². The molecule has 2 rings (SSSR count). The highest BCUT2D eigenvalue weighted by Gasteiger charge is 2.34. The van der Waals surface area contributed by atoms with Gasteiger partial charge in [0, 0.05) is 18.0 Å². The first-order chi connectivity index (χ1) is 9.04. The summed E-state index contributed by atoms with van der Waals surface area (Å²) in [5.41, 5.74) is -0.971. The second kappa shape index (κ2) is 5.97. The minimum absolute atomic E-state index is 0.00639. The zero-order valence-corrected chi connectivity index (χ0v) is 11.3. The van der Waals surface area contributed by atoms with Crippen molar-refractivity contribution in [2.24, 2.45) is 0 Å². The number of aliphatic hydroxyl groups is 1. The number of benzene rings is 1. The highest BCUT2D eigenvalue weighted by Crippen LogP contribution is 2.32. The van der Waals surface area contributed by atoms with Gasteiger partial charge in [0.25, 0.3) is 0 Å². The molecular weight excluding hydrogens is 248 g/mol. The summed E-state index contributed by atoms with van der Waals surface area (Å²) in [7, 11) is 0. The van der Waals surface area contributed by atoms with Crippen molar-refractivity contribution in [1.82, 2.24) is 5.32 Å². The minimum Gasteiger partial charge on any atom is -0.390 e. The van der Waals surface area contributed by atoms with Gasteiger partial charge in [-0.2, -0.15) is 0 Å². The van der Waals surface area contributed by atoms with E-state index in [-0.39, 0.29) is 12.0 Å². The molecule has 106 valence electrons. The van der Waals surface area contributed by atoms with Crippen LogP contribution in [0.4, 0.5) is 8.78 Å². The lowest BCUT2D eigenvalue weighted by Gasteiger charge is -2.36. The van der Waals surface area contributed by atoms with E-state index >= 15 is 0 Å². The second-order valence-corrected chi connectivity index (χ2v) is 5.43. The van der Waals surface area contributed by atoms with Crippen molar-refractivity contribution in [3.05, 3.63) is 35.4 Å². The summed E-state index contributed by atoms with van der Waals surface area (Å²) < 4.78 is 27.2. The standard InChI is InChI=1S/C15H21F2NO/c1-2-18-11-6-8-15(19,9-7-11)10-12-13(16)4-3-5-14(12)17/h3-5,11,18-19H,2,6-10H2,1H3. The first kappa shape index (κ1) is 14.4. The van der Waals surface area contributed by atoms with E-state index in [9.17, 15) is 13.9 Å². The Kier molecular flexibility index (Phi) is 4.53. The molecule has 0 aromatic heterocycles. The highest BCUT2D eigenvalue weighted by molar-refractivity contribution is 5.22. The number of hydrogen-bond donors (Lipinski definition) is 2. The monoisotopic (exact) mass is 269 g/mol. The lowest BCUT2D eigenvalue weighted by Crippen LogP contribution is -2.42. The van der Waals surface area contributed by atoms with Crippen molar-refractivity contribution in [2.75, 3.05) is 6.54 Å². The van der Waals surface area contributed by atoms with Crippen molar-refractivity contribution in [1.29, 1.82) is 0 Å². The Morgan fingerprint density at radius 1 is 1.26 bits per heavy atom. The average molecular weight is 269 g/mol. The Morgan fingerprint density at radius 2 is 1.84 bits per heavy atom. The summed E-state index contributed by atoms with van der Waals surface area (Å²) >= 11 is 0. The molecule has 0 bridgehead atoms. The molecule has 1 aliphatic rings. The summed E-state index contributed by atoms with van der Waals surface area (Å²) in [6.45, 7) is 2.96. The Labute approximate surface area is 112 Å². The Bertz CT molecular complexity index is 408. The molecule has 0 heterocycles. The van der Waals surface area contributed by atoms with Gasteiger partial charge in [-0.1, -0.05) is 13.0 Å². The average Bonchev–Trinajstić information content (AvgIpc) is 2.38. The van der Waals surface area contributed by atoms with E-state index in [2.05, 4.69) is 12.2 Å². The van der Waals surface area contributed by atoms with Crippen molar-refractivity contribution in [2.45, 2.75) is 50.7 Å². The Hall–Kier alpha value is -1.00. The molecule has 1 fully saturated rings. The van der Waals surface area contributed by atoms with Crippen LogP contribution < -0.4 is 5.32 Å². The molecule has 0 radical (unpaired) electrons. The van der Waals surface area contributed by atoms with Crippen LogP contribution in [0.1, 0.15) is 38.2 Å². The van der Waals surface area contributed by atoms with Crippen molar-refractivity contribution >= 4 is 0 Å². The normalized spacial score (nSPS) is 27.5. The maximum Gasteiger partial charge on any atom is 0.129 e. The van der Waals surface area contributed by atoms with Crippen LogP contribution in [0.5, 0.6) is 0 Å². The molecule has 19 heavy (non-hydrogen) atoms. The van der Waals surface area contributed by atoms with E-state index < -0.39 is 17.2 Å². The number of hydrogen-bond acceptors (Lipinski definition) is 2. The van der Waals surface area contributed by atoms with E-state index in [1.165, 1.54) is 18.2 Å². The van der Waals surface area contributed by atoms with E-state index in [0.717, 1.165) is 19.4 Å². The van der Waals surface area contributed by atoms with Gasteiger partial charge < -0.3 is 10.4 Å². The summed E-state index contributed by atoms with van der Waals surface area (Å²) in [4.78, 5) is 0. The third kappa shape index (κ3) is 3.51. The first-order valence-corrected chi connectivity index (χ1v) is 6.93. The van der Waals surface area contributed by atoms with Gasteiger partial charge in [0.2, 0.25) is 0 Å². The van der Waals surface area contributed by atoms with Gasteiger partial charge in [-0.15, -0.1) is 0 Å². The van der Waals surface area contributed by atoms with Gasteiger partial charge in [-0.3, -0.25) is 0 Å². The van der Waals surface area contributed by atoms with E-state index in [4.69, 9.17) is 0 Å². The molecule has 1 aromatic carbocycles. The largest absolute Gasteiger partial charge is 0.390 e. The van der Waals surface area contributed by atoms with E-state index in [1.54, 1.807) is 0 Å². The molecule has 0 aliphatic heterocycles. The molecule has 0 spiro atoms. The predicted octanol–water partition coefficient (Wildman–Crippen LogP) is 2.79. The molecular formula is C15H21F2NO. The number of rotatable bonds is 4. The van der Waals surface area contributed by atoms with Crippen LogP contribution in [0.2, 0.25) is 0 Å². The van der Waals surface area contributed by atoms with Crippen LogP contribution in [0.3, 0.4) is 0 Å². The van der Waals surface area contributed by atoms with E-state index in [0.29, 0.717) is 18.9 Å². The minimum atomic E-state index is -0.977. The fourth-order valence-corrected chi connectivity index (χ4v) is 2.85. The maximum absolute atomic E-state index is 13.6. The highest BCUT2D eigenvalue weighted by atomic mass is 19.1. The summed E-state index contributed by atoms with van der Waals surface area (Å²) in [6, 6.07) is 4.24. The molecule has 1 aliphatic carbocycles. The van der Waals surface area contributed by atoms with Crippen molar-refractivity contribution in [3.8, 4) is 0 Å². The van der Waals surface area contributed by atoms with Crippen LogP contribution in [0.25, 0.3) is 0 Å². The molecule has 2 nitrogen and oxygen atoms in total. The van der Waals surface area contributed by atoms with Gasteiger partial charge in [0.1, 0.15) is 11.6 Å². The molecule has 2 N–H and O–H groups in total. The third-order valence-electron chi connectivity index (χ3n) is 3.98. The number of nitrogens with one attached hydrogen (secondary N) is 1. The summed E-state index contributed by atoms with van der Waals surface area (Å²) in [5, 5.41) is 13.8. The quantitative estimate of drug-likeness (QED) is 0.881. The fraction of sp³-hybridized carbons (Fsp3) is 0.600. The smallest absolute Gasteiger partial charge is 0.129 e. The molecule has 1 aromatic rings. The van der Waals surface area contributed by atoms with Crippen molar-refractivity contribution < 1.29 is 13.9 Å². The SMILES string of the molecule is CCNC1CCC(O)(Cc2c(F)cccc2F)CC1. The van der Waals surface area contributed by atoms with E-state index in [1.807, 2.05) is 0 Å². The van der Waals surface area contributed by atoms with Gasteiger partial charge in [-0.25, -0.2) is 8.78 Å². The lowest BCUT2D eigenvalue weighted by atomic mass is 9.78. The van der Waals surface area contributed by atoms with Gasteiger partial charge in [0.05, 0.1) is 5.60 Å². The molecule has 0 saturated heterocycles. The zero-order chi connectivity index (χ0) is 13.9. The molecule has 0 unspecified atom stereocenters. The maximum atomic E-state index is 13.6. The van der Waals surface area contributed by atoms with Crippen LogP contribution in [-0.2, 0) is 6.42 Å². The van der Waals surface area contributed by atoms with Gasteiger partial charge in [0.15, 0.2) is 0 Å². The second-order valence-electron chi connectivity index (χ2n) is 5.43. The first-order valence-electron chi connectivity index (χ1n) is 6.93. The molecule has 4 heteroatoms.